The molecule has 0 spiro atoms. The number of aromatic hydroxyl groups is 1. The van der Waals surface area contributed by atoms with Crippen LogP contribution in [0.2, 0.25) is 0 Å². The second kappa shape index (κ2) is 5.40. The molecule has 0 radical (unpaired) electrons. The minimum absolute atomic E-state index is 0.0649. The zero-order chi connectivity index (χ0) is 13.1. The third-order valence-corrected chi connectivity index (χ3v) is 3.37. The lowest BCUT2D eigenvalue weighted by Crippen LogP contribution is -2.36. The molecule has 1 atom stereocenters. The summed E-state index contributed by atoms with van der Waals surface area (Å²) in [5.41, 5.74) is 7.94. The second-order valence-electron chi connectivity index (χ2n) is 5.03. The van der Waals surface area contributed by atoms with Crippen molar-refractivity contribution in [2.75, 3.05) is 6.54 Å². The predicted octanol–water partition coefficient (Wildman–Crippen LogP) is 1.40. The first kappa shape index (κ1) is 12.9. The van der Waals surface area contributed by atoms with Crippen LogP contribution in [0, 0.1) is 0 Å². The lowest BCUT2D eigenvalue weighted by Gasteiger charge is -2.29. The summed E-state index contributed by atoms with van der Waals surface area (Å²) in [4.78, 5) is 13.9. The molecule has 1 aromatic carbocycles. The average molecular weight is 248 g/mol. The van der Waals surface area contributed by atoms with Crippen molar-refractivity contribution in [2.24, 2.45) is 5.73 Å². The van der Waals surface area contributed by atoms with Crippen molar-refractivity contribution >= 4 is 5.91 Å². The number of rotatable bonds is 3. The van der Waals surface area contributed by atoms with E-state index in [0.29, 0.717) is 13.0 Å². The van der Waals surface area contributed by atoms with Crippen LogP contribution in [-0.4, -0.2) is 28.5 Å². The molecule has 0 bridgehead atoms. The highest BCUT2D eigenvalue weighted by molar-refractivity contribution is 5.76. The Morgan fingerprint density at radius 1 is 1.50 bits per heavy atom. The van der Waals surface area contributed by atoms with Crippen molar-refractivity contribution in [2.45, 2.75) is 38.8 Å². The third-order valence-electron chi connectivity index (χ3n) is 3.37. The van der Waals surface area contributed by atoms with Crippen LogP contribution in [-0.2, 0) is 17.8 Å². The van der Waals surface area contributed by atoms with Crippen LogP contribution in [0.4, 0.5) is 0 Å². The number of hydrogen-bond donors (Lipinski definition) is 2. The fraction of sp³-hybridized carbons (Fsp3) is 0.500. The van der Waals surface area contributed by atoms with Gasteiger partial charge in [0.05, 0.1) is 0 Å². The number of carbonyl (C=O) groups is 1. The Balaban J connectivity index is 2.00. The SMILES string of the molecule is CC(N)CCC(=O)N1CCc2ccc(O)cc2C1. The Bertz CT molecular complexity index is 443. The molecule has 0 saturated carbocycles. The molecular weight excluding hydrogens is 228 g/mol. The first-order valence-corrected chi connectivity index (χ1v) is 6.40. The Morgan fingerprint density at radius 2 is 2.28 bits per heavy atom. The molecule has 1 amide bonds. The highest BCUT2D eigenvalue weighted by Crippen LogP contribution is 2.23. The fourth-order valence-electron chi connectivity index (χ4n) is 2.27. The standard InChI is InChI=1S/C14H20N2O2/c1-10(15)2-5-14(18)16-7-6-11-3-4-13(17)8-12(11)9-16/h3-4,8,10,17H,2,5-7,9,15H2,1H3. The van der Waals surface area contributed by atoms with Crippen LogP contribution in [0.5, 0.6) is 5.75 Å². The molecule has 1 unspecified atom stereocenters. The van der Waals surface area contributed by atoms with Gasteiger partial charge in [0.2, 0.25) is 5.91 Å². The number of nitrogens with two attached hydrogens (primary N) is 1. The Morgan fingerprint density at radius 3 is 3.00 bits per heavy atom. The number of hydrogen-bond acceptors (Lipinski definition) is 3. The highest BCUT2D eigenvalue weighted by atomic mass is 16.3. The van der Waals surface area contributed by atoms with E-state index in [1.165, 1.54) is 5.56 Å². The van der Waals surface area contributed by atoms with E-state index in [2.05, 4.69) is 0 Å². The number of benzene rings is 1. The number of carbonyl (C=O) groups excluding carboxylic acids is 1. The summed E-state index contributed by atoms with van der Waals surface area (Å²) in [5.74, 6) is 0.417. The maximum atomic E-state index is 12.0. The monoisotopic (exact) mass is 248 g/mol. The van der Waals surface area contributed by atoms with Gasteiger partial charge >= 0.3 is 0 Å². The molecule has 4 nitrogen and oxygen atoms in total. The number of phenols is 1. The highest BCUT2D eigenvalue weighted by Gasteiger charge is 2.20. The van der Waals surface area contributed by atoms with Gasteiger partial charge < -0.3 is 15.7 Å². The smallest absolute Gasteiger partial charge is 0.222 e. The van der Waals surface area contributed by atoms with E-state index < -0.39 is 0 Å². The molecule has 1 heterocycles. The van der Waals surface area contributed by atoms with Gasteiger partial charge in [-0.3, -0.25) is 4.79 Å². The van der Waals surface area contributed by atoms with Gasteiger partial charge in [-0.25, -0.2) is 0 Å². The van der Waals surface area contributed by atoms with E-state index in [4.69, 9.17) is 5.73 Å². The molecule has 0 fully saturated rings. The van der Waals surface area contributed by atoms with Crippen molar-refractivity contribution < 1.29 is 9.90 Å². The van der Waals surface area contributed by atoms with Crippen LogP contribution in [0.25, 0.3) is 0 Å². The molecule has 4 heteroatoms. The molecule has 1 aliphatic heterocycles. The molecule has 1 aliphatic rings. The van der Waals surface area contributed by atoms with E-state index in [1.807, 2.05) is 17.9 Å². The first-order valence-electron chi connectivity index (χ1n) is 6.40. The maximum Gasteiger partial charge on any atom is 0.222 e. The van der Waals surface area contributed by atoms with Gasteiger partial charge in [-0.15, -0.1) is 0 Å². The summed E-state index contributed by atoms with van der Waals surface area (Å²) < 4.78 is 0. The molecule has 0 saturated heterocycles. The van der Waals surface area contributed by atoms with Gasteiger partial charge in [-0.05, 0) is 43.0 Å². The van der Waals surface area contributed by atoms with Gasteiger partial charge in [0.1, 0.15) is 5.75 Å². The van der Waals surface area contributed by atoms with E-state index in [0.717, 1.165) is 24.9 Å². The molecule has 98 valence electrons. The number of nitrogens with zero attached hydrogens (tertiary/aromatic N) is 1. The van der Waals surface area contributed by atoms with Gasteiger partial charge in [0.15, 0.2) is 0 Å². The van der Waals surface area contributed by atoms with Gasteiger partial charge in [-0.1, -0.05) is 6.07 Å². The van der Waals surface area contributed by atoms with Crippen molar-refractivity contribution in [3.8, 4) is 5.75 Å². The zero-order valence-electron chi connectivity index (χ0n) is 10.7. The third kappa shape index (κ3) is 3.01. The quantitative estimate of drug-likeness (QED) is 0.849. The summed E-state index contributed by atoms with van der Waals surface area (Å²) in [6.45, 7) is 3.27. The van der Waals surface area contributed by atoms with Crippen LogP contribution in [0.3, 0.4) is 0 Å². The summed E-state index contributed by atoms with van der Waals surface area (Å²) in [7, 11) is 0. The van der Waals surface area contributed by atoms with Crippen molar-refractivity contribution in [3.63, 3.8) is 0 Å². The summed E-state index contributed by atoms with van der Waals surface area (Å²) in [6, 6.07) is 5.45. The molecule has 2 rings (SSSR count). The molecular formula is C14H20N2O2. The lowest BCUT2D eigenvalue weighted by atomic mass is 9.99. The van der Waals surface area contributed by atoms with Crippen molar-refractivity contribution in [3.05, 3.63) is 29.3 Å². The Labute approximate surface area is 107 Å². The minimum Gasteiger partial charge on any atom is -0.508 e. The molecule has 0 aliphatic carbocycles. The largest absolute Gasteiger partial charge is 0.508 e. The Kier molecular flexibility index (Phi) is 3.87. The van der Waals surface area contributed by atoms with E-state index >= 15 is 0 Å². The van der Waals surface area contributed by atoms with Crippen LogP contribution < -0.4 is 5.73 Å². The topological polar surface area (TPSA) is 66.6 Å². The van der Waals surface area contributed by atoms with E-state index in [1.54, 1.807) is 12.1 Å². The molecule has 1 aromatic rings. The van der Waals surface area contributed by atoms with Crippen LogP contribution in [0.15, 0.2) is 18.2 Å². The van der Waals surface area contributed by atoms with E-state index in [-0.39, 0.29) is 17.7 Å². The van der Waals surface area contributed by atoms with Crippen molar-refractivity contribution in [1.29, 1.82) is 0 Å². The zero-order valence-corrected chi connectivity index (χ0v) is 10.7. The van der Waals surface area contributed by atoms with Crippen LogP contribution in [0.1, 0.15) is 30.9 Å². The van der Waals surface area contributed by atoms with Gasteiger partial charge in [0, 0.05) is 25.6 Å². The summed E-state index contributed by atoms with van der Waals surface area (Å²) in [6.07, 6.45) is 2.09. The van der Waals surface area contributed by atoms with Crippen LogP contribution >= 0.6 is 0 Å². The maximum absolute atomic E-state index is 12.0. The molecule has 3 N–H and O–H groups in total. The van der Waals surface area contributed by atoms with E-state index in [9.17, 15) is 9.90 Å². The lowest BCUT2D eigenvalue weighted by molar-refractivity contribution is -0.132. The minimum atomic E-state index is 0.0649. The van der Waals surface area contributed by atoms with Crippen molar-refractivity contribution in [1.82, 2.24) is 4.90 Å². The number of amides is 1. The fourth-order valence-corrected chi connectivity index (χ4v) is 2.27. The van der Waals surface area contributed by atoms with Gasteiger partial charge in [0.25, 0.3) is 0 Å². The summed E-state index contributed by atoms with van der Waals surface area (Å²) in [5, 5.41) is 9.47. The van der Waals surface area contributed by atoms with Gasteiger partial charge in [-0.2, -0.15) is 0 Å². The average Bonchev–Trinajstić information content (AvgIpc) is 2.34. The normalized spacial score (nSPS) is 16.2. The molecule has 18 heavy (non-hydrogen) atoms. The second-order valence-corrected chi connectivity index (χ2v) is 5.03. The molecule has 0 aromatic heterocycles. The first-order chi connectivity index (χ1) is 8.56. The predicted molar refractivity (Wildman–Crippen MR) is 70.1 cm³/mol. The summed E-state index contributed by atoms with van der Waals surface area (Å²) >= 11 is 0. The Hall–Kier alpha value is -1.55. The number of phenolic OH excluding ortho intramolecular Hbond substituents is 1. The number of fused-ring (bicyclic) bond motifs is 1.